The van der Waals surface area contributed by atoms with E-state index in [1.807, 2.05) is 6.34 Å². The van der Waals surface area contributed by atoms with Crippen molar-refractivity contribution in [1.29, 1.82) is 0 Å². The molecule has 0 spiro atoms. The number of hydrogen-bond donors (Lipinski definition) is 0. The number of rotatable bonds is 6. The fourth-order valence-electron chi connectivity index (χ4n) is 3.95. The molecule has 0 radical (unpaired) electrons. The summed E-state index contributed by atoms with van der Waals surface area (Å²) in [5.74, 6) is 0. The summed E-state index contributed by atoms with van der Waals surface area (Å²) in [6, 6.07) is 8.98. The van der Waals surface area contributed by atoms with Crippen LogP contribution in [0.2, 0.25) is 0 Å². The summed E-state index contributed by atoms with van der Waals surface area (Å²) in [4.78, 5) is 13.7. The second-order valence-electron chi connectivity index (χ2n) is 9.97. The van der Waals surface area contributed by atoms with Gasteiger partial charge in [0.05, 0.1) is 0 Å². The van der Waals surface area contributed by atoms with Gasteiger partial charge in [0.1, 0.15) is 0 Å². The molecule has 3 nitrogen and oxygen atoms in total. The Bertz CT molecular complexity index is 938. The zero-order chi connectivity index (χ0) is 22.9. The van der Waals surface area contributed by atoms with Crippen molar-refractivity contribution in [2.75, 3.05) is 36.6 Å². The molecule has 0 saturated heterocycles. The van der Waals surface area contributed by atoms with Crippen LogP contribution in [0.5, 0.6) is 0 Å². The summed E-state index contributed by atoms with van der Waals surface area (Å²) in [5, 5.41) is 0. The van der Waals surface area contributed by atoms with Gasteiger partial charge in [0.2, 0.25) is 0 Å². The molecular formula is C26H40IN3. The van der Waals surface area contributed by atoms with Crippen LogP contribution in [0, 0.1) is 41.5 Å². The van der Waals surface area contributed by atoms with Crippen LogP contribution < -0.4 is 9.80 Å². The van der Waals surface area contributed by atoms with Crippen LogP contribution in [-0.2, 0) is 0 Å². The van der Waals surface area contributed by atoms with E-state index in [1.165, 1.54) is 44.8 Å². The molecule has 0 unspecified atom stereocenters. The van der Waals surface area contributed by atoms with Crippen molar-refractivity contribution in [1.82, 2.24) is 0 Å². The molecule has 0 amide bonds. The number of halogens is 1. The number of hydrogen-bond acceptors (Lipinski definition) is 2. The molecule has 2 rings (SSSR count). The van der Waals surface area contributed by atoms with E-state index in [-0.39, 0.29) is 0 Å². The molecule has 0 atom stereocenters. The van der Waals surface area contributed by atoms with E-state index in [1.54, 1.807) is 0 Å². The molecule has 166 valence electrons. The molecule has 0 saturated carbocycles. The molecular weight excluding hydrogens is 481 g/mol. The van der Waals surface area contributed by atoms with Gasteiger partial charge in [0, 0.05) is 0 Å². The zero-order valence-corrected chi connectivity index (χ0v) is 22.9. The van der Waals surface area contributed by atoms with Crippen molar-refractivity contribution in [2.24, 2.45) is 3.21 Å². The van der Waals surface area contributed by atoms with Gasteiger partial charge in [-0.2, -0.15) is 0 Å². The Hall–Kier alpha value is -1.82. The van der Waals surface area contributed by atoms with Crippen LogP contribution in [0.15, 0.2) is 39.9 Å². The summed E-state index contributed by atoms with van der Waals surface area (Å²) in [6.45, 7) is 13.0. The van der Waals surface area contributed by atoms with Gasteiger partial charge in [0.15, 0.2) is 0 Å². The zero-order valence-electron chi connectivity index (χ0n) is 20.8. The molecule has 2 aromatic rings. The first kappa shape index (κ1) is 24.4. The van der Waals surface area contributed by atoms with Crippen molar-refractivity contribution in [3.05, 3.63) is 70.0 Å². The molecule has 30 heavy (non-hydrogen) atoms. The second-order valence-corrected chi connectivity index (χ2v) is 27.3. The number of aryl methyl sites for hydroxylation is 6. The summed E-state index contributed by atoms with van der Waals surface area (Å²) in [5.41, 5.74) is 10.2. The van der Waals surface area contributed by atoms with Crippen LogP contribution in [0.3, 0.4) is 0 Å². The van der Waals surface area contributed by atoms with Crippen LogP contribution >= 0.6 is 17.3 Å². The van der Waals surface area contributed by atoms with Gasteiger partial charge in [-0.25, -0.2) is 0 Å². The van der Waals surface area contributed by atoms with E-state index in [2.05, 4.69) is 115 Å². The number of anilines is 2. The van der Waals surface area contributed by atoms with Gasteiger partial charge < -0.3 is 0 Å². The van der Waals surface area contributed by atoms with E-state index in [0.717, 1.165) is 0 Å². The summed E-state index contributed by atoms with van der Waals surface area (Å²) >= 11 is -2.65. The Labute approximate surface area is 185 Å². The Morgan fingerprint density at radius 3 is 1.47 bits per heavy atom. The molecule has 0 heterocycles. The van der Waals surface area contributed by atoms with Gasteiger partial charge in [-0.1, -0.05) is 0 Å². The third kappa shape index (κ3) is 6.59. The number of alkyl halides is 4. The predicted molar refractivity (Wildman–Crippen MR) is 148 cm³/mol. The first-order valence-corrected chi connectivity index (χ1v) is 19.8. The fourth-order valence-corrected chi connectivity index (χ4v) is 5.21. The van der Waals surface area contributed by atoms with Crippen molar-refractivity contribution < 1.29 is 0 Å². The quantitative estimate of drug-likeness (QED) is 0.177. The minimum atomic E-state index is -2.65. The first-order valence-electron chi connectivity index (χ1n) is 10.3. The molecule has 0 aromatic heterocycles. The second kappa shape index (κ2) is 8.74. The summed E-state index contributed by atoms with van der Waals surface area (Å²) in [7, 11) is 2.12. The molecule has 0 bridgehead atoms. The Morgan fingerprint density at radius 2 is 1.07 bits per heavy atom. The maximum absolute atomic E-state index is 5.08. The van der Waals surface area contributed by atoms with Crippen molar-refractivity contribution in [2.45, 2.75) is 41.5 Å². The van der Waals surface area contributed by atoms with Crippen LogP contribution in [0.4, 0.5) is 11.4 Å². The van der Waals surface area contributed by atoms with Crippen molar-refractivity contribution >= 4 is 35.0 Å². The van der Waals surface area contributed by atoms with Crippen molar-refractivity contribution in [3.63, 3.8) is 0 Å². The van der Waals surface area contributed by atoms with Crippen molar-refractivity contribution in [3.8, 4) is 0 Å². The number of benzene rings is 2. The molecule has 0 aliphatic heterocycles. The normalized spacial score (nSPS) is 13.6. The van der Waals surface area contributed by atoms with Crippen LogP contribution in [0.1, 0.15) is 33.4 Å². The molecule has 0 aliphatic carbocycles. The Morgan fingerprint density at radius 1 is 0.667 bits per heavy atom. The predicted octanol–water partition coefficient (Wildman–Crippen LogP) is 6.99. The van der Waals surface area contributed by atoms with E-state index in [4.69, 9.17) is 3.21 Å². The SMILES string of the molecule is Cc1cc(C)c(N(C)/C=C\N(/C=N/I(C)(C)(C)C)c2c(C)cc(C)cc2C)c(C)c1. The standard InChI is InChI=1S/C26H40IN3/c1-19-14-21(3)25(22(4)15-19)29(11)12-13-30(18-28-27(7,8,9)10)26-23(5)16-20(2)17-24(26)6/h12-18H,1-11H3/b13-12-,28-18+. The maximum atomic E-state index is 5.08. The average Bonchev–Trinajstić information content (AvgIpc) is 2.53. The average molecular weight is 522 g/mol. The van der Waals surface area contributed by atoms with E-state index >= 15 is 0 Å². The van der Waals surface area contributed by atoms with Gasteiger partial charge >= 0.3 is 186 Å². The third-order valence-electron chi connectivity index (χ3n) is 4.89. The van der Waals surface area contributed by atoms with Gasteiger partial charge in [0.25, 0.3) is 0 Å². The minimum absolute atomic E-state index is 1.21. The monoisotopic (exact) mass is 521 g/mol. The first-order chi connectivity index (χ1) is 13.6. The Balaban J connectivity index is 2.51. The Kier molecular flexibility index (Phi) is 7.12. The molecule has 0 N–H and O–H groups in total. The van der Waals surface area contributed by atoms with Gasteiger partial charge in [-0.05, 0) is 0 Å². The van der Waals surface area contributed by atoms with Crippen LogP contribution in [0.25, 0.3) is 0 Å². The van der Waals surface area contributed by atoms with E-state index < -0.39 is 17.3 Å². The van der Waals surface area contributed by atoms with Crippen LogP contribution in [-0.4, -0.2) is 33.1 Å². The molecule has 2 aromatic carbocycles. The summed E-state index contributed by atoms with van der Waals surface area (Å²) < 4.78 is 5.08. The summed E-state index contributed by atoms with van der Waals surface area (Å²) in [6.07, 6.45) is 6.33. The van der Waals surface area contributed by atoms with E-state index in [9.17, 15) is 0 Å². The fraction of sp³-hybridized carbons (Fsp3) is 0.423. The molecule has 0 fully saturated rings. The van der Waals surface area contributed by atoms with Gasteiger partial charge in [-0.3, -0.25) is 0 Å². The number of nitrogens with zero attached hydrogens (tertiary/aromatic N) is 3. The third-order valence-corrected chi connectivity index (χ3v) is 7.37. The molecule has 0 aliphatic rings. The topological polar surface area (TPSA) is 18.8 Å². The van der Waals surface area contributed by atoms with Gasteiger partial charge in [-0.15, -0.1) is 0 Å². The van der Waals surface area contributed by atoms with E-state index in [0.29, 0.717) is 0 Å². The molecule has 4 heteroatoms.